The van der Waals surface area contributed by atoms with Gasteiger partial charge >= 0.3 is 5.97 Å². The maximum Gasteiger partial charge on any atom is 0.303 e. The molecule has 150 valence electrons. The van der Waals surface area contributed by atoms with Gasteiger partial charge in [-0.15, -0.1) is 0 Å². The van der Waals surface area contributed by atoms with E-state index in [0.717, 1.165) is 11.6 Å². The Morgan fingerprint density at radius 3 is 2.31 bits per heavy atom. The van der Waals surface area contributed by atoms with Crippen LogP contribution in [0.25, 0.3) is 0 Å². The molecule has 0 amide bonds. The molecular weight excluding hydrogens is 322 g/mol. The van der Waals surface area contributed by atoms with Crippen molar-refractivity contribution in [1.29, 1.82) is 0 Å². The molecule has 0 bridgehead atoms. The zero-order chi connectivity index (χ0) is 20.3. The van der Waals surface area contributed by atoms with Gasteiger partial charge in [-0.2, -0.15) is 0 Å². The summed E-state index contributed by atoms with van der Waals surface area (Å²) in [5.41, 5.74) is 9.22. The van der Waals surface area contributed by atoms with Gasteiger partial charge in [0.25, 0.3) is 0 Å². The van der Waals surface area contributed by atoms with Crippen LogP contribution in [0.1, 0.15) is 87.5 Å². The van der Waals surface area contributed by atoms with Gasteiger partial charge in [0, 0.05) is 12.6 Å². The lowest BCUT2D eigenvalue weighted by atomic mass is 9.91. The number of carbonyl (C=O) groups excluding carboxylic acids is 1. The van der Waals surface area contributed by atoms with Gasteiger partial charge in [-0.1, -0.05) is 57.3 Å². The van der Waals surface area contributed by atoms with Gasteiger partial charge < -0.3 is 10.5 Å². The van der Waals surface area contributed by atoms with Crippen molar-refractivity contribution in [2.24, 2.45) is 17.6 Å². The zero-order valence-corrected chi connectivity index (χ0v) is 18.3. The van der Waals surface area contributed by atoms with Crippen molar-refractivity contribution in [1.82, 2.24) is 0 Å². The Bertz CT molecular complexity index is 521. The normalized spacial score (nSPS) is 18.5. The fourth-order valence-corrected chi connectivity index (χ4v) is 2.81. The molecular formula is C23H41NO2. The summed E-state index contributed by atoms with van der Waals surface area (Å²) in [5.74, 6) is 1.24. The van der Waals surface area contributed by atoms with Crippen molar-refractivity contribution in [2.75, 3.05) is 0 Å². The molecule has 1 aliphatic carbocycles. The minimum Gasteiger partial charge on any atom is -0.460 e. The minimum absolute atomic E-state index is 0.225. The highest BCUT2D eigenvalue weighted by Gasteiger charge is 2.12. The van der Waals surface area contributed by atoms with Gasteiger partial charge in [0.2, 0.25) is 0 Å². The summed E-state index contributed by atoms with van der Waals surface area (Å²) in [6.07, 6.45) is 13.2. The number of esters is 1. The molecule has 2 atom stereocenters. The van der Waals surface area contributed by atoms with Gasteiger partial charge in [0.1, 0.15) is 5.60 Å². The molecule has 0 heterocycles. The Morgan fingerprint density at radius 1 is 1.23 bits per heavy atom. The van der Waals surface area contributed by atoms with Crippen molar-refractivity contribution in [3.05, 3.63) is 35.1 Å². The van der Waals surface area contributed by atoms with Crippen LogP contribution in [0.15, 0.2) is 35.1 Å². The summed E-state index contributed by atoms with van der Waals surface area (Å²) in [7, 11) is 0. The van der Waals surface area contributed by atoms with Gasteiger partial charge in [0.15, 0.2) is 0 Å². The molecule has 0 aromatic carbocycles. The Morgan fingerprint density at radius 2 is 1.85 bits per heavy atom. The molecule has 0 spiro atoms. The first-order valence-electron chi connectivity index (χ1n) is 9.98. The van der Waals surface area contributed by atoms with Crippen molar-refractivity contribution >= 4 is 5.97 Å². The predicted octanol–water partition coefficient (Wildman–Crippen LogP) is 6.31. The number of allylic oxidation sites excluding steroid dienone is 5. The fourth-order valence-electron chi connectivity index (χ4n) is 2.81. The second kappa shape index (κ2) is 12.0. The van der Waals surface area contributed by atoms with Crippen molar-refractivity contribution in [3.63, 3.8) is 0 Å². The lowest BCUT2D eigenvalue weighted by Crippen LogP contribution is -2.21. The standard InChI is InChI=1S/C17H29N.C6H12O2/c1-5-13(2)8-6-7-9-16-12-15(4)17(18)11-10-14(16)3;1-5(7)8-6(2,3)4/h10-13,16H,5-9,18H2,1-4H3;1-4H3/t13-,16?;/m1./s1. The summed E-state index contributed by atoms with van der Waals surface area (Å²) in [5, 5.41) is 0. The number of hydrogen-bond acceptors (Lipinski definition) is 3. The number of rotatable bonds is 6. The highest BCUT2D eigenvalue weighted by Crippen LogP contribution is 2.26. The predicted molar refractivity (Wildman–Crippen MR) is 113 cm³/mol. The summed E-state index contributed by atoms with van der Waals surface area (Å²) in [4.78, 5) is 10.2. The number of ether oxygens (including phenoxy) is 1. The molecule has 0 aromatic rings. The number of carbonyl (C=O) groups is 1. The summed E-state index contributed by atoms with van der Waals surface area (Å²) in [6.45, 7) is 15.9. The Hall–Kier alpha value is -1.51. The molecule has 26 heavy (non-hydrogen) atoms. The molecule has 0 saturated carbocycles. The first kappa shape index (κ1) is 24.5. The molecule has 3 heteroatoms. The van der Waals surface area contributed by atoms with Gasteiger partial charge in [0.05, 0.1) is 0 Å². The Labute approximate surface area is 161 Å². The molecule has 3 nitrogen and oxygen atoms in total. The summed E-state index contributed by atoms with van der Waals surface area (Å²) >= 11 is 0. The van der Waals surface area contributed by atoms with Crippen LogP contribution in [-0.4, -0.2) is 11.6 Å². The summed E-state index contributed by atoms with van der Waals surface area (Å²) < 4.78 is 4.80. The van der Waals surface area contributed by atoms with Crippen molar-refractivity contribution in [2.45, 2.75) is 93.1 Å². The van der Waals surface area contributed by atoms with E-state index in [4.69, 9.17) is 10.5 Å². The maximum atomic E-state index is 10.2. The first-order valence-corrected chi connectivity index (χ1v) is 9.98. The van der Waals surface area contributed by atoms with E-state index in [1.165, 1.54) is 50.2 Å². The highest BCUT2D eigenvalue weighted by atomic mass is 16.6. The van der Waals surface area contributed by atoms with Crippen LogP contribution in [0.5, 0.6) is 0 Å². The molecule has 1 unspecified atom stereocenters. The van der Waals surface area contributed by atoms with Crippen LogP contribution in [0.3, 0.4) is 0 Å². The number of nitrogens with two attached hydrogens (primary N) is 1. The molecule has 0 aromatic heterocycles. The topological polar surface area (TPSA) is 52.3 Å². The minimum atomic E-state index is -0.328. The van der Waals surface area contributed by atoms with Crippen LogP contribution in [0.4, 0.5) is 0 Å². The van der Waals surface area contributed by atoms with Crippen LogP contribution < -0.4 is 5.73 Å². The molecule has 1 rings (SSSR count). The van der Waals surface area contributed by atoms with Gasteiger partial charge in [-0.25, -0.2) is 0 Å². The summed E-state index contributed by atoms with van der Waals surface area (Å²) in [6, 6.07) is 0. The van der Waals surface area contributed by atoms with E-state index in [1.54, 1.807) is 0 Å². The maximum absolute atomic E-state index is 10.2. The molecule has 1 aliphatic rings. The van der Waals surface area contributed by atoms with Crippen LogP contribution in [0.2, 0.25) is 0 Å². The first-order chi connectivity index (χ1) is 12.0. The quantitative estimate of drug-likeness (QED) is 0.444. The largest absolute Gasteiger partial charge is 0.460 e. The lowest BCUT2D eigenvalue weighted by molar-refractivity contribution is -0.151. The van der Waals surface area contributed by atoms with Gasteiger partial charge in [-0.3, -0.25) is 4.79 Å². The monoisotopic (exact) mass is 363 g/mol. The van der Waals surface area contributed by atoms with Crippen LogP contribution in [0, 0.1) is 11.8 Å². The lowest BCUT2D eigenvalue weighted by Gasteiger charge is -2.17. The highest BCUT2D eigenvalue weighted by molar-refractivity contribution is 5.66. The number of unbranched alkanes of at least 4 members (excludes halogenated alkanes) is 1. The number of hydrogen-bond donors (Lipinski definition) is 1. The fraction of sp³-hybridized carbons (Fsp3) is 0.696. The molecule has 0 aliphatic heterocycles. The molecule has 0 fully saturated rings. The molecule has 2 N–H and O–H groups in total. The van der Waals surface area contributed by atoms with Crippen molar-refractivity contribution < 1.29 is 9.53 Å². The van der Waals surface area contributed by atoms with E-state index in [1.807, 2.05) is 26.8 Å². The second-order valence-electron chi connectivity index (χ2n) is 8.49. The smallest absolute Gasteiger partial charge is 0.303 e. The molecule has 0 saturated heterocycles. The van der Waals surface area contributed by atoms with E-state index in [9.17, 15) is 4.79 Å². The van der Waals surface area contributed by atoms with Gasteiger partial charge in [-0.05, 0) is 64.5 Å². The van der Waals surface area contributed by atoms with Crippen LogP contribution >= 0.6 is 0 Å². The van der Waals surface area contributed by atoms with Crippen molar-refractivity contribution in [3.8, 4) is 0 Å². The van der Waals surface area contributed by atoms with Crippen LogP contribution in [-0.2, 0) is 9.53 Å². The third kappa shape index (κ3) is 11.9. The second-order valence-corrected chi connectivity index (χ2v) is 8.49. The van der Waals surface area contributed by atoms with E-state index >= 15 is 0 Å². The Balaban J connectivity index is 0.000000660. The van der Waals surface area contributed by atoms with E-state index in [0.29, 0.717) is 5.92 Å². The average molecular weight is 364 g/mol. The average Bonchev–Trinajstić information content (AvgIpc) is 2.63. The van der Waals surface area contributed by atoms with E-state index < -0.39 is 0 Å². The SMILES string of the molecule is CC(=O)OC(C)(C)C.CC[C@@H](C)CCCCC1C=C(C)C(N)=CC=C1C. The van der Waals surface area contributed by atoms with E-state index in [-0.39, 0.29) is 11.6 Å². The third-order valence-electron chi connectivity index (χ3n) is 4.63. The molecule has 0 radical (unpaired) electrons. The van der Waals surface area contributed by atoms with E-state index in [2.05, 4.69) is 39.8 Å². The zero-order valence-electron chi connectivity index (χ0n) is 18.3. The third-order valence-corrected chi connectivity index (χ3v) is 4.63. The Kier molecular flexibility index (Phi) is 11.3.